The number of hydrogen-bond acceptors (Lipinski definition) is 4. The molecule has 2 saturated heterocycles. The third-order valence-electron chi connectivity index (χ3n) is 5.60. The molecule has 4 nitrogen and oxygen atoms in total. The van der Waals surface area contributed by atoms with E-state index >= 15 is 0 Å². The Balaban J connectivity index is 1.41. The zero-order chi connectivity index (χ0) is 15.5. The van der Waals surface area contributed by atoms with Gasteiger partial charge >= 0.3 is 0 Å². The number of pyridine rings is 1. The smallest absolute Gasteiger partial charge is 0.0593 e. The number of nitrogens with zero attached hydrogens (tertiary/aromatic N) is 3. The van der Waals surface area contributed by atoms with Gasteiger partial charge in [-0.2, -0.15) is 0 Å². The molecule has 23 heavy (non-hydrogen) atoms. The first kappa shape index (κ1) is 15.6. The summed E-state index contributed by atoms with van der Waals surface area (Å²) in [5.41, 5.74) is 1.67. The van der Waals surface area contributed by atoms with E-state index in [4.69, 9.17) is 4.74 Å². The number of ether oxygens (including phenoxy) is 1. The summed E-state index contributed by atoms with van der Waals surface area (Å²) in [5.74, 6) is 0.972. The molecule has 1 aromatic rings. The summed E-state index contributed by atoms with van der Waals surface area (Å²) in [6.45, 7) is 8.91. The standard InChI is InChI=1S/C19H29N3O/c1-3-18(11-20-7-1)13-21-8-2-6-19(14-21)15-22(9-10-23-16-19)12-17-4-5-17/h1,3,7,11,17H,2,4-6,8-10,12-16H2. The maximum Gasteiger partial charge on any atom is 0.0593 e. The van der Waals surface area contributed by atoms with Crippen molar-refractivity contribution in [2.45, 2.75) is 32.2 Å². The number of rotatable bonds is 4. The van der Waals surface area contributed by atoms with E-state index < -0.39 is 0 Å². The summed E-state index contributed by atoms with van der Waals surface area (Å²) in [6.07, 6.45) is 9.36. The molecule has 1 aliphatic carbocycles. The minimum absolute atomic E-state index is 0.339. The Bertz CT molecular complexity index is 505. The van der Waals surface area contributed by atoms with Crippen molar-refractivity contribution >= 4 is 0 Å². The fourth-order valence-corrected chi connectivity index (χ4v) is 4.34. The highest BCUT2D eigenvalue weighted by Crippen LogP contribution is 2.36. The summed E-state index contributed by atoms with van der Waals surface area (Å²) < 4.78 is 6.04. The second-order valence-corrected chi connectivity index (χ2v) is 7.91. The highest BCUT2D eigenvalue weighted by atomic mass is 16.5. The van der Waals surface area contributed by atoms with E-state index in [0.29, 0.717) is 5.41 Å². The molecular weight excluding hydrogens is 286 g/mol. The highest BCUT2D eigenvalue weighted by Gasteiger charge is 2.39. The molecule has 3 fully saturated rings. The molecule has 1 spiro atoms. The van der Waals surface area contributed by atoms with Crippen LogP contribution < -0.4 is 0 Å². The Morgan fingerprint density at radius 1 is 1.22 bits per heavy atom. The lowest BCUT2D eigenvalue weighted by atomic mass is 9.80. The van der Waals surface area contributed by atoms with Crippen LogP contribution in [0.5, 0.6) is 0 Å². The number of piperidine rings is 1. The molecule has 4 heteroatoms. The first-order valence-corrected chi connectivity index (χ1v) is 9.23. The zero-order valence-corrected chi connectivity index (χ0v) is 14.1. The van der Waals surface area contributed by atoms with Crippen molar-refractivity contribution in [3.05, 3.63) is 30.1 Å². The quantitative estimate of drug-likeness (QED) is 0.853. The molecule has 1 saturated carbocycles. The fourth-order valence-electron chi connectivity index (χ4n) is 4.34. The SMILES string of the molecule is c1cncc(CN2CCCC3(COCCN(CC4CC4)C3)C2)c1. The maximum atomic E-state index is 6.04. The first-order valence-electron chi connectivity index (χ1n) is 9.23. The van der Waals surface area contributed by atoms with Crippen molar-refractivity contribution < 1.29 is 4.74 Å². The molecule has 0 bridgehead atoms. The largest absolute Gasteiger partial charge is 0.379 e. The summed E-state index contributed by atoms with van der Waals surface area (Å²) in [4.78, 5) is 9.57. The van der Waals surface area contributed by atoms with E-state index in [1.807, 2.05) is 18.5 Å². The van der Waals surface area contributed by atoms with Crippen LogP contribution in [0.3, 0.4) is 0 Å². The second-order valence-electron chi connectivity index (χ2n) is 7.91. The Morgan fingerprint density at radius 3 is 2.96 bits per heavy atom. The van der Waals surface area contributed by atoms with Crippen molar-refractivity contribution in [3.8, 4) is 0 Å². The lowest BCUT2D eigenvalue weighted by Crippen LogP contribution is -2.50. The van der Waals surface area contributed by atoms with E-state index in [2.05, 4.69) is 20.9 Å². The lowest BCUT2D eigenvalue weighted by molar-refractivity contribution is 0.00272. The Morgan fingerprint density at radius 2 is 2.13 bits per heavy atom. The van der Waals surface area contributed by atoms with Gasteiger partial charge < -0.3 is 9.64 Å². The van der Waals surface area contributed by atoms with E-state index in [1.54, 1.807) is 0 Å². The summed E-state index contributed by atoms with van der Waals surface area (Å²) >= 11 is 0. The predicted molar refractivity (Wildman–Crippen MR) is 91.2 cm³/mol. The molecule has 1 aromatic heterocycles. The van der Waals surface area contributed by atoms with Crippen molar-refractivity contribution in [1.29, 1.82) is 0 Å². The van der Waals surface area contributed by atoms with E-state index in [1.165, 1.54) is 57.4 Å². The van der Waals surface area contributed by atoms with E-state index in [9.17, 15) is 0 Å². The van der Waals surface area contributed by atoms with Crippen molar-refractivity contribution in [2.24, 2.45) is 11.3 Å². The first-order chi connectivity index (χ1) is 11.3. The van der Waals surface area contributed by atoms with Gasteiger partial charge in [0.15, 0.2) is 0 Å². The molecule has 3 aliphatic rings. The highest BCUT2D eigenvalue weighted by molar-refractivity contribution is 5.08. The van der Waals surface area contributed by atoms with Crippen LogP contribution in [-0.2, 0) is 11.3 Å². The lowest BCUT2D eigenvalue weighted by Gasteiger charge is -2.43. The summed E-state index contributed by atoms with van der Waals surface area (Å²) in [7, 11) is 0. The van der Waals surface area contributed by atoms with Gasteiger partial charge in [-0.25, -0.2) is 0 Å². The van der Waals surface area contributed by atoms with Crippen LogP contribution >= 0.6 is 0 Å². The van der Waals surface area contributed by atoms with Crippen LogP contribution in [0.1, 0.15) is 31.2 Å². The van der Waals surface area contributed by atoms with Crippen LogP contribution in [-0.4, -0.2) is 60.7 Å². The van der Waals surface area contributed by atoms with E-state index in [-0.39, 0.29) is 0 Å². The van der Waals surface area contributed by atoms with E-state index in [0.717, 1.165) is 32.2 Å². The summed E-state index contributed by atoms with van der Waals surface area (Å²) in [5, 5.41) is 0. The van der Waals surface area contributed by atoms with Gasteiger partial charge in [0.1, 0.15) is 0 Å². The predicted octanol–water partition coefficient (Wildman–Crippen LogP) is 2.41. The normalized spacial score (nSPS) is 30.4. The Kier molecular flexibility index (Phi) is 4.65. The van der Waals surface area contributed by atoms with Gasteiger partial charge in [0, 0.05) is 50.5 Å². The molecule has 1 atom stereocenters. The summed E-state index contributed by atoms with van der Waals surface area (Å²) in [6, 6.07) is 4.23. The van der Waals surface area contributed by atoms with Gasteiger partial charge in [-0.3, -0.25) is 9.88 Å². The third kappa shape index (κ3) is 4.11. The zero-order valence-electron chi connectivity index (χ0n) is 14.1. The molecule has 1 unspecified atom stereocenters. The van der Waals surface area contributed by atoms with Gasteiger partial charge in [-0.05, 0) is 49.8 Å². The molecule has 0 radical (unpaired) electrons. The monoisotopic (exact) mass is 315 g/mol. The average molecular weight is 315 g/mol. The fraction of sp³-hybridized carbons (Fsp3) is 0.737. The van der Waals surface area contributed by atoms with Gasteiger partial charge in [0.25, 0.3) is 0 Å². The molecule has 0 N–H and O–H groups in total. The molecule has 0 aromatic carbocycles. The van der Waals surface area contributed by atoms with Crippen LogP contribution in [0.25, 0.3) is 0 Å². The molecule has 4 rings (SSSR count). The van der Waals surface area contributed by atoms with Crippen molar-refractivity contribution in [2.75, 3.05) is 45.9 Å². The molecule has 2 aliphatic heterocycles. The topological polar surface area (TPSA) is 28.6 Å². The van der Waals surface area contributed by atoms with Crippen LogP contribution in [0.15, 0.2) is 24.5 Å². The average Bonchev–Trinajstić information content (AvgIpc) is 3.38. The molecule has 0 amide bonds. The second kappa shape index (κ2) is 6.88. The maximum absolute atomic E-state index is 6.04. The van der Waals surface area contributed by atoms with Crippen LogP contribution in [0, 0.1) is 11.3 Å². The molecular formula is C19H29N3O. The minimum atomic E-state index is 0.339. The van der Waals surface area contributed by atoms with Gasteiger partial charge in [-0.15, -0.1) is 0 Å². The number of aromatic nitrogens is 1. The number of hydrogen-bond donors (Lipinski definition) is 0. The Labute approximate surface area is 139 Å². The van der Waals surface area contributed by atoms with Crippen molar-refractivity contribution in [3.63, 3.8) is 0 Å². The Hall–Kier alpha value is -0.970. The van der Waals surface area contributed by atoms with Crippen LogP contribution in [0.2, 0.25) is 0 Å². The van der Waals surface area contributed by atoms with Gasteiger partial charge in [-0.1, -0.05) is 6.07 Å². The molecule has 3 heterocycles. The third-order valence-corrected chi connectivity index (χ3v) is 5.60. The van der Waals surface area contributed by atoms with Crippen LogP contribution in [0.4, 0.5) is 0 Å². The van der Waals surface area contributed by atoms with Crippen molar-refractivity contribution in [1.82, 2.24) is 14.8 Å². The van der Waals surface area contributed by atoms with Gasteiger partial charge in [0.05, 0.1) is 13.2 Å². The number of likely N-dealkylation sites (tertiary alicyclic amines) is 1. The minimum Gasteiger partial charge on any atom is -0.379 e. The van der Waals surface area contributed by atoms with Gasteiger partial charge in [0.2, 0.25) is 0 Å². The molecule has 126 valence electrons.